The molecule has 0 fully saturated rings. The molecule has 0 radical (unpaired) electrons. The highest BCUT2D eigenvalue weighted by Crippen LogP contribution is 2.06. The van der Waals surface area contributed by atoms with Crippen molar-refractivity contribution in [2.45, 2.75) is 26.4 Å². The van der Waals surface area contributed by atoms with Gasteiger partial charge in [0.25, 0.3) is 0 Å². The molecule has 3 heteroatoms. The third-order valence-corrected chi connectivity index (χ3v) is 1.30. The Bertz CT molecular complexity index is 360. The van der Waals surface area contributed by atoms with Gasteiger partial charge >= 0.3 is 5.97 Å². The van der Waals surface area contributed by atoms with E-state index in [1.807, 2.05) is 6.07 Å². The smallest absolute Gasteiger partial charge is 0.385 e. The van der Waals surface area contributed by atoms with Crippen LogP contribution < -0.4 is 0 Å². The standard InChI is InChI=1S/C11H13NO2/c1-11(2,3)14-10(13)7-6-9-5-4-8-12-9/h4-5,8,12H,1-3H3. The van der Waals surface area contributed by atoms with Crippen LogP contribution >= 0.6 is 0 Å². The van der Waals surface area contributed by atoms with Crippen LogP contribution in [0.3, 0.4) is 0 Å². The van der Waals surface area contributed by atoms with E-state index in [4.69, 9.17) is 4.74 Å². The lowest BCUT2D eigenvalue weighted by molar-refractivity contribution is -0.147. The number of esters is 1. The minimum atomic E-state index is -0.507. The summed E-state index contributed by atoms with van der Waals surface area (Å²) in [5.74, 6) is 4.56. The molecule has 74 valence electrons. The lowest BCUT2D eigenvalue weighted by Gasteiger charge is -2.16. The van der Waals surface area contributed by atoms with Crippen LogP contribution in [0.4, 0.5) is 0 Å². The fourth-order valence-electron chi connectivity index (χ4n) is 0.830. The van der Waals surface area contributed by atoms with E-state index >= 15 is 0 Å². The van der Waals surface area contributed by atoms with Crippen LogP contribution in [0.5, 0.6) is 0 Å². The van der Waals surface area contributed by atoms with E-state index in [0.717, 1.165) is 0 Å². The van der Waals surface area contributed by atoms with Crippen molar-refractivity contribution in [2.75, 3.05) is 0 Å². The lowest BCUT2D eigenvalue weighted by atomic mass is 10.2. The molecule has 0 aromatic carbocycles. The second-order valence-corrected chi connectivity index (χ2v) is 3.84. The molecule has 0 aliphatic carbocycles. The maximum absolute atomic E-state index is 11.1. The summed E-state index contributed by atoms with van der Waals surface area (Å²) < 4.78 is 5.01. The Morgan fingerprint density at radius 2 is 2.21 bits per heavy atom. The third-order valence-electron chi connectivity index (χ3n) is 1.30. The van der Waals surface area contributed by atoms with Crippen LogP contribution in [-0.4, -0.2) is 16.6 Å². The van der Waals surface area contributed by atoms with Gasteiger partial charge in [-0.3, -0.25) is 0 Å². The first kappa shape index (κ1) is 10.4. The summed E-state index contributed by atoms with van der Waals surface area (Å²) in [7, 11) is 0. The van der Waals surface area contributed by atoms with Gasteiger partial charge in [-0.1, -0.05) is 0 Å². The van der Waals surface area contributed by atoms with Crippen molar-refractivity contribution in [3.8, 4) is 11.8 Å². The van der Waals surface area contributed by atoms with Gasteiger partial charge < -0.3 is 9.72 Å². The van der Waals surface area contributed by atoms with Crippen LogP contribution in [0, 0.1) is 11.8 Å². The molecule has 1 N–H and O–H groups in total. The first-order valence-electron chi connectivity index (χ1n) is 4.36. The van der Waals surface area contributed by atoms with Crippen molar-refractivity contribution in [3.63, 3.8) is 0 Å². The number of carbonyl (C=O) groups is 1. The van der Waals surface area contributed by atoms with Crippen molar-refractivity contribution in [1.82, 2.24) is 4.98 Å². The van der Waals surface area contributed by atoms with Gasteiger partial charge in [0.05, 0.1) is 5.69 Å². The number of carbonyl (C=O) groups excluding carboxylic acids is 1. The molecular weight excluding hydrogens is 178 g/mol. The first-order valence-corrected chi connectivity index (χ1v) is 4.36. The lowest BCUT2D eigenvalue weighted by Crippen LogP contribution is -2.22. The molecular formula is C11H13NO2. The van der Waals surface area contributed by atoms with Crippen molar-refractivity contribution in [1.29, 1.82) is 0 Å². The van der Waals surface area contributed by atoms with Gasteiger partial charge in [-0.2, -0.15) is 0 Å². The second-order valence-electron chi connectivity index (χ2n) is 3.84. The molecule has 0 aliphatic heterocycles. The van der Waals surface area contributed by atoms with E-state index in [0.29, 0.717) is 5.69 Å². The number of aromatic nitrogens is 1. The predicted octanol–water partition coefficient (Wildman–Crippen LogP) is 1.71. The van der Waals surface area contributed by atoms with Gasteiger partial charge in [0.1, 0.15) is 5.60 Å². The average Bonchev–Trinajstić information content (AvgIpc) is 2.49. The summed E-state index contributed by atoms with van der Waals surface area (Å²) in [6.07, 6.45) is 1.75. The largest absolute Gasteiger partial charge is 0.450 e. The molecule has 1 aromatic rings. The number of ether oxygens (including phenoxy) is 1. The quantitative estimate of drug-likeness (QED) is 0.501. The summed E-state index contributed by atoms with van der Waals surface area (Å²) in [4.78, 5) is 14.0. The Balaban J connectivity index is 2.57. The zero-order valence-corrected chi connectivity index (χ0v) is 8.55. The minimum Gasteiger partial charge on any atom is -0.450 e. The molecule has 0 atom stereocenters. The fraction of sp³-hybridized carbons (Fsp3) is 0.364. The summed E-state index contributed by atoms with van der Waals surface area (Å²) in [5, 5.41) is 0. The Morgan fingerprint density at radius 3 is 2.71 bits per heavy atom. The van der Waals surface area contributed by atoms with E-state index in [9.17, 15) is 4.79 Å². The van der Waals surface area contributed by atoms with Crippen LogP contribution in [0.25, 0.3) is 0 Å². The monoisotopic (exact) mass is 191 g/mol. The average molecular weight is 191 g/mol. The minimum absolute atomic E-state index is 0.485. The molecule has 0 saturated heterocycles. The van der Waals surface area contributed by atoms with Gasteiger partial charge in [0, 0.05) is 12.1 Å². The summed E-state index contributed by atoms with van der Waals surface area (Å²) in [6, 6.07) is 3.61. The second kappa shape index (κ2) is 4.01. The highest BCUT2D eigenvalue weighted by Gasteiger charge is 2.13. The highest BCUT2D eigenvalue weighted by molar-refractivity contribution is 5.89. The number of hydrogen-bond donors (Lipinski definition) is 1. The maximum Gasteiger partial charge on any atom is 0.385 e. The normalized spacial score (nSPS) is 10.2. The molecule has 1 aromatic heterocycles. The SMILES string of the molecule is CC(C)(C)OC(=O)C#Cc1ccc[nH]1. The number of H-pyrrole nitrogens is 1. The molecule has 1 heterocycles. The topological polar surface area (TPSA) is 42.1 Å². The predicted molar refractivity (Wildman–Crippen MR) is 53.5 cm³/mol. The van der Waals surface area contributed by atoms with E-state index in [1.165, 1.54) is 0 Å². The van der Waals surface area contributed by atoms with Crippen molar-refractivity contribution in [3.05, 3.63) is 24.0 Å². The Hall–Kier alpha value is -1.69. The van der Waals surface area contributed by atoms with E-state index < -0.39 is 11.6 Å². The molecule has 0 saturated carbocycles. The highest BCUT2D eigenvalue weighted by atomic mass is 16.6. The molecule has 14 heavy (non-hydrogen) atoms. The maximum atomic E-state index is 11.1. The molecule has 0 spiro atoms. The molecule has 3 nitrogen and oxygen atoms in total. The Labute approximate surface area is 83.5 Å². The molecule has 0 unspecified atom stereocenters. The van der Waals surface area contributed by atoms with E-state index in [2.05, 4.69) is 16.8 Å². The molecule has 1 rings (SSSR count). The van der Waals surface area contributed by atoms with Crippen molar-refractivity contribution >= 4 is 5.97 Å². The Morgan fingerprint density at radius 1 is 1.50 bits per heavy atom. The van der Waals surface area contributed by atoms with Gasteiger partial charge in [0.15, 0.2) is 0 Å². The van der Waals surface area contributed by atoms with Gasteiger partial charge in [-0.05, 0) is 38.8 Å². The zero-order chi connectivity index (χ0) is 10.6. The van der Waals surface area contributed by atoms with E-state index in [1.54, 1.807) is 33.0 Å². The fourth-order valence-corrected chi connectivity index (χ4v) is 0.830. The number of rotatable bonds is 0. The summed E-state index contributed by atoms with van der Waals surface area (Å²) in [6.45, 7) is 5.42. The van der Waals surface area contributed by atoms with Gasteiger partial charge in [-0.25, -0.2) is 4.79 Å². The first-order chi connectivity index (χ1) is 6.47. The van der Waals surface area contributed by atoms with Crippen LogP contribution in [0.2, 0.25) is 0 Å². The number of aromatic amines is 1. The van der Waals surface area contributed by atoms with Gasteiger partial charge in [0.2, 0.25) is 0 Å². The van der Waals surface area contributed by atoms with Gasteiger partial charge in [-0.15, -0.1) is 0 Å². The number of nitrogens with one attached hydrogen (secondary N) is 1. The van der Waals surface area contributed by atoms with E-state index in [-0.39, 0.29) is 0 Å². The van der Waals surface area contributed by atoms with Crippen LogP contribution in [0.1, 0.15) is 26.5 Å². The van der Waals surface area contributed by atoms with Crippen LogP contribution in [0.15, 0.2) is 18.3 Å². The third kappa shape index (κ3) is 3.81. The summed E-state index contributed by atoms with van der Waals surface area (Å²) in [5.41, 5.74) is 0.220. The number of hydrogen-bond acceptors (Lipinski definition) is 2. The van der Waals surface area contributed by atoms with Crippen LogP contribution in [-0.2, 0) is 9.53 Å². The van der Waals surface area contributed by atoms with Crippen molar-refractivity contribution in [2.24, 2.45) is 0 Å². The molecule has 0 aliphatic rings. The molecule has 0 amide bonds. The van der Waals surface area contributed by atoms with Crippen molar-refractivity contribution < 1.29 is 9.53 Å². The summed E-state index contributed by atoms with van der Waals surface area (Å²) >= 11 is 0. The Kier molecular flexibility index (Phi) is 2.98. The zero-order valence-electron chi connectivity index (χ0n) is 8.55. The molecule has 0 bridgehead atoms.